The van der Waals surface area contributed by atoms with E-state index in [2.05, 4.69) is 4.74 Å². The maximum absolute atomic E-state index is 11.5. The molecule has 6 nitrogen and oxygen atoms in total. The van der Waals surface area contributed by atoms with Gasteiger partial charge < -0.3 is 4.74 Å². The Morgan fingerprint density at radius 3 is 2.41 bits per heavy atom. The van der Waals surface area contributed by atoms with Crippen molar-refractivity contribution in [2.75, 3.05) is 11.4 Å². The third-order valence-electron chi connectivity index (χ3n) is 2.17. The molecule has 94 valence electrons. The topological polar surface area (TPSA) is 92.9 Å². The van der Waals surface area contributed by atoms with Crippen molar-refractivity contribution in [1.82, 2.24) is 0 Å². The number of esters is 1. The molecule has 0 saturated carbocycles. The fourth-order valence-corrected chi connectivity index (χ4v) is 2.07. The van der Waals surface area contributed by atoms with Gasteiger partial charge >= 0.3 is 5.97 Å². The first kappa shape index (κ1) is 13.6. The Balaban J connectivity index is 3.19. The second kappa shape index (κ2) is 5.26. The van der Waals surface area contributed by atoms with Crippen LogP contribution in [0.5, 0.6) is 0 Å². The predicted molar refractivity (Wildman–Crippen MR) is 64.3 cm³/mol. The van der Waals surface area contributed by atoms with Gasteiger partial charge in [-0.15, -0.1) is 0 Å². The summed E-state index contributed by atoms with van der Waals surface area (Å²) >= 11 is -2.44. The normalized spacial score (nSPS) is 15.8. The van der Waals surface area contributed by atoms with Gasteiger partial charge in [0, 0.05) is 0 Å². The average Bonchev–Trinajstić information content (AvgIpc) is 2.28. The molecule has 0 fully saturated rings. The van der Waals surface area contributed by atoms with Gasteiger partial charge in [0.05, 0.1) is 12.8 Å². The maximum Gasteiger partial charge on any atom is 0.347 e. The van der Waals surface area contributed by atoms with Gasteiger partial charge in [0.2, 0.25) is 0 Å². The van der Waals surface area contributed by atoms with Crippen LogP contribution in [0.3, 0.4) is 0 Å². The summed E-state index contributed by atoms with van der Waals surface area (Å²) in [6.45, 7) is 1.31. The Kier molecular flexibility index (Phi) is 4.22. The van der Waals surface area contributed by atoms with Gasteiger partial charge in [-0.1, -0.05) is 18.2 Å². The first-order valence-electron chi connectivity index (χ1n) is 4.74. The van der Waals surface area contributed by atoms with E-state index in [1.54, 1.807) is 30.3 Å². The van der Waals surface area contributed by atoms with Crippen molar-refractivity contribution in [2.45, 2.75) is 12.6 Å². The van der Waals surface area contributed by atoms with E-state index in [1.165, 1.54) is 6.92 Å². The molecule has 0 saturated heterocycles. The monoisotopic (exact) mass is 258 g/mol. The highest BCUT2D eigenvalue weighted by Gasteiger charge is 2.40. The molecule has 0 aromatic heterocycles. The number of rotatable bonds is 4. The van der Waals surface area contributed by atoms with Crippen molar-refractivity contribution in [2.24, 2.45) is 5.73 Å². The minimum atomic E-state index is -2.44. The highest BCUT2D eigenvalue weighted by molar-refractivity contribution is 7.80. The number of methoxy groups -OCH3 is 1. The molecule has 0 bridgehead atoms. The molecule has 0 heterocycles. The third-order valence-corrected chi connectivity index (χ3v) is 3.07. The Bertz CT molecular complexity index is 422. The summed E-state index contributed by atoms with van der Waals surface area (Å²) in [5, 5.41) is 0. The second-order valence-electron chi connectivity index (χ2n) is 3.50. The Hall–Kier alpha value is -1.44. The van der Waals surface area contributed by atoms with Crippen LogP contribution in [-0.4, -0.2) is 27.5 Å². The van der Waals surface area contributed by atoms with E-state index in [9.17, 15) is 13.6 Å². The molecule has 0 aliphatic carbocycles. The summed E-state index contributed by atoms with van der Waals surface area (Å²) in [5.74, 6) is -0.802. The number of carbonyl (C=O) groups excluding carboxylic acids is 1. The predicted octanol–water partition coefficient (Wildman–Crippen LogP) is 0.478. The van der Waals surface area contributed by atoms with Crippen LogP contribution in [0.2, 0.25) is 0 Å². The van der Waals surface area contributed by atoms with E-state index < -0.39 is 22.9 Å². The van der Waals surface area contributed by atoms with E-state index >= 15 is 0 Å². The van der Waals surface area contributed by atoms with Gasteiger partial charge in [0.1, 0.15) is 0 Å². The number of hydrogen-bond acceptors (Lipinski definition) is 4. The first-order valence-corrected chi connectivity index (χ1v) is 5.81. The molecule has 2 atom stereocenters. The summed E-state index contributed by atoms with van der Waals surface area (Å²) in [7, 11) is 1.16. The van der Waals surface area contributed by atoms with Gasteiger partial charge in [-0.25, -0.2) is 13.3 Å². The molecule has 0 radical (unpaired) electrons. The molecular formula is C10H14N2O4S. The minimum Gasteiger partial charge on any atom is -0.466 e. The van der Waals surface area contributed by atoms with Gasteiger partial charge in [-0.05, 0) is 19.1 Å². The molecule has 17 heavy (non-hydrogen) atoms. The number of nitrogens with zero attached hydrogens (tertiary/aromatic N) is 1. The fourth-order valence-electron chi connectivity index (χ4n) is 1.37. The van der Waals surface area contributed by atoms with Crippen LogP contribution in [0.4, 0.5) is 5.69 Å². The summed E-state index contributed by atoms with van der Waals surface area (Å²) in [4.78, 5) is 11.5. The number of anilines is 1. The van der Waals surface area contributed by atoms with Crippen LogP contribution in [0.1, 0.15) is 6.92 Å². The van der Waals surface area contributed by atoms with E-state index in [-0.39, 0.29) is 0 Å². The molecule has 0 spiro atoms. The lowest BCUT2D eigenvalue weighted by Crippen LogP contribution is -2.60. The zero-order valence-electron chi connectivity index (χ0n) is 9.49. The van der Waals surface area contributed by atoms with Crippen molar-refractivity contribution in [3.8, 4) is 0 Å². The minimum absolute atomic E-state index is 0.351. The molecule has 1 aromatic rings. The third kappa shape index (κ3) is 2.82. The van der Waals surface area contributed by atoms with Crippen molar-refractivity contribution in [1.29, 1.82) is 0 Å². The lowest BCUT2D eigenvalue weighted by atomic mass is 10.2. The number of para-hydroxylation sites is 1. The highest BCUT2D eigenvalue weighted by Crippen LogP contribution is 2.22. The van der Waals surface area contributed by atoms with Crippen LogP contribution in [0, 0.1) is 0 Å². The highest BCUT2D eigenvalue weighted by atomic mass is 32.2. The standard InChI is InChI=1S/C10H14N2O4S/c1-10(11,9(13)16-2)12(17(14)15)8-6-4-3-5-7-8/h3-7H,11H2,1-2H3,(H,14,15). The molecule has 3 N–H and O–H groups in total. The summed E-state index contributed by atoms with van der Waals surface area (Å²) in [6, 6.07) is 8.23. The van der Waals surface area contributed by atoms with Crippen LogP contribution >= 0.6 is 0 Å². The molecule has 0 aliphatic rings. The van der Waals surface area contributed by atoms with Crippen molar-refractivity contribution in [3.05, 3.63) is 30.3 Å². The van der Waals surface area contributed by atoms with Gasteiger partial charge in [0.25, 0.3) is 11.3 Å². The molecule has 1 aromatic carbocycles. The zero-order valence-corrected chi connectivity index (χ0v) is 10.3. The van der Waals surface area contributed by atoms with Crippen LogP contribution < -0.4 is 10.0 Å². The lowest BCUT2D eigenvalue weighted by Gasteiger charge is -2.33. The largest absolute Gasteiger partial charge is 0.466 e. The van der Waals surface area contributed by atoms with Crippen LogP contribution in [-0.2, 0) is 20.8 Å². The Labute approximate surface area is 102 Å². The molecule has 0 amide bonds. The number of carbonyl (C=O) groups is 1. The first-order chi connectivity index (χ1) is 7.91. The SMILES string of the molecule is COC(=O)C(C)(N)N(c1ccccc1)S(=O)O. The fraction of sp³-hybridized carbons (Fsp3) is 0.300. The maximum atomic E-state index is 11.5. The van der Waals surface area contributed by atoms with E-state index in [0.29, 0.717) is 5.69 Å². The van der Waals surface area contributed by atoms with E-state index in [0.717, 1.165) is 11.4 Å². The molecular weight excluding hydrogens is 244 g/mol. The van der Waals surface area contributed by atoms with Gasteiger partial charge in [-0.2, -0.15) is 0 Å². The Morgan fingerprint density at radius 2 is 2.00 bits per heavy atom. The summed E-state index contributed by atoms with van der Waals surface area (Å²) in [5.41, 5.74) is 4.37. The second-order valence-corrected chi connectivity index (χ2v) is 4.33. The van der Waals surface area contributed by atoms with Crippen molar-refractivity contribution >= 4 is 22.9 Å². The van der Waals surface area contributed by atoms with Gasteiger partial charge in [-0.3, -0.25) is 10.3 Å². The number of benzene rings is 1. The molecule has 7 heteroatoms. The van der Waals surface area contributed by atoms with Crippen molar-refractivity contribution in [3.63, 3.8) is 0 Å². The van der Waals surface area contributed by atoms with Crippen LogP contribution in [0.15, 0.2) is 30.3 Å². The quantitative estimate of drug-likeness (QED) is 0.465. The molecule has 1 rings (SSSR count). The van der Waals surface area contributed by atoms with Gasteiger partial charge in [0.15, 0.2) is 5.66 Å². The number of nitrogens with two attached hydrogens (primary N) is 1. The smallest absolute Gasteiger partial charge is 0.347 e. The zero-order chi connectivity index (χ0) is 13.1. The van der Waals surface area contributed by atoms with Crippen molar-refractivity contribution < 1.29 is 18.3 Å². The summed E-state index contributed by atoms with van der Waals surface area (Å²) < 4.78 is 26.0. The molecule has 2 unspecified atom stereocenters. The lowest BCUT2D eigenvalue weighted by molar-refractivity contribution is -0.145. The van der Waals surface area contributed by atoms with Crippen LogP contribution in [0.25, 0.3) is 0 Å². The average molecular weight is 258 g/mol. The van der Waals surface area contributed by atoms with E-state index in [4.69, 9.17) is 5.73 Å². The summed E-state index contributed by atoms with van der Waals surface area (Å²) in [6.07, 6.45) is 0. The molecule has 0 aliphatic heterocycles. The van der Waals surface area contributed by atoms with E-state index in [1.807, 2.05) is 0 Å². The Morgan fingerprint density at radius 1 is 1.47 bits per heavy atom. The number of hydrogen-bond donors (Lipinski definition) is 2. The number of ether oxygens (including phenoxy) is 1.